The Hall–Kier alpha value is -1.48. The minimum Gasteiger partial charge on any atom is -0.412 e. The molecule has 1 aliphatic heterocycles. The lowest BCUT2D eigenvalue weighted by Gasteiger charge is -2.30. The first kappa shape index (κ1) is 13.6. The average molecular weight is 244 g/mol. The quantitative estimate of drug-likeness (QED) is 0.525. The normalized spacial score (nSPS) is 24.1. The molecule has 1 saturated heterocycles. The maximum absolute atomic E-state index is 11.5. The van der Waals surface area contributed by atoms with Gasteiger partial charge < -0.3 is 26.4 Å². The van der Waals surface area contributed by atoms with Gasteiger partial charge in [0.1, 0.15) is 5.82 Å². The van der Waals surface area contributed by atoms with E-state index in [9.17, 15) is 4.79 Å². The van der Waals surface area contributed by atoms with Gasteiger partial charge in [0.15, 0.2) is 6.23 Å². The van der Waals surface area contributed by atoms with E-state index in [1.165, 1.54) is 16.8 Å². The van der Waals surface area contributed by atoms with Gasteiger partial charge in [-0.05, 0) is 6.07 Å². The molecule has 0 bridgehead atoms. The third kappa shape index (κ3) is 3.01. The van der Waals surface area contributed by atoms with E-state index in [2.05, 4.69) is 10.3 Å². The van der Waals surface area contributed by atoms with Gasteiger partial charge >= 0.3 is 5.69 Å². The summed E-state index contributed by atoms with van der Waals surface area (Å²) in [5, 5.41) is 12.1. The highest BCUT2D eigenvalue weighted by Crippen LogP contribution is 2.12. The molecule has 1 fully saturated rings. The summed E-state index contributed by atoms with van der Waals surface area (Å²) in [6.07, 6.45) is 0.784. The van der Waals surface area contributed by atoms with Crippen LogP contribution in [0.25, 0.3) is 0 Å². The molecule has 1 aliphatic rings. The number of nitrogens with zero attached hydrogens (tertiary/aromatic N) is 2. The molecular formula is C9H16N4O4. The molecule has 0 aromatic carbocycles. The van der Waals surface area contributed by atoms with Gasteiger partial charge in [0, 0.05) is 19.3 Å². The van der Waals surface area contributed by atoms with Crippen LogP contribution in [0.3, 0.4) is 0 Å². The summed E-state index contributed by atoms with van der Waals surface area (Å²) in [5.74, 6) is 0.184. The van der Waals surface area contributed by atoms with Crippen molar-refractivity contribution in [3.8, 4) is 0 Å². The number of hydrogen-bond acceptors (Lipinski definition) is 6. The third-order valence-electron chi connectivity index (χ3n) is 2.41. The Labute approximate surface area is 97.3 Å². The van der Waals surface area contributed by atoms with Crippen LogP contribution in [0.1, 0.15) is 6.23 Å². The van der Waals surface area contributed by atoms with Crippen molar-refractivity contribution in [2.45, 2.75) is 12.3 Å². The maximum atomic E-state index is 11.5. The minimum absolute atomic E-state index is 0. The fourth-order valence-corrected chi connectivity index (χ4v) is 1.60. The van der Waals surface area contributed by atoms with E-state index < -0.39 is 11.9 Å². The highest BCUT2D eigenvalue weighted by Gasteiger charge is 2.23. The summed E-state index contributed by atoms with van der Waals surface area (Å²) in [5.41, 5.74) is 4.94. The third-order valence-corrected chi connectivity index (χ3v) is 2.41. The number of nitrogens with one attached hydrogen (secondary N) is 1. The summed E-state index contributed by atoms with van der Waals surface area (Å²) in [6.45, 7) is 0.993. The second-order valence-electron chi connectivity index (χ2n) is 3.60. The Morgan fingerprint density at radius 2 is 2.41 bits per heavy atom. The molecule has 17 heavy (non-hydrogen) atoms. The van der Waals surface area contributed by atoms with Crippen LogP contribution >= 0.6 is 0 Å². The number of nitrogens with two attached hydrogens (primary N) is 1. The summed E-state index contributed by atoms with van der Waals surface area (Å²) in [7, 11) is 0. The van der Waals surface area contributed by atoms with Crippen molar-refractivity contribution in [1.82, 2.24) is 14.9 Å². The zero-order valence-corrected chi connectivity index (χ0v) is 9.17. The Morgan fingerprint density at radius 3 is 3.06 bits per heavy atom. The number of morpholine rings is 1. The number of rotatable bonds is 2. The number of ether oxygens (including phenoxy) is 1. The lowest BCUT2D eigenvalue weighted by atomic mass is 10.3. The number of anilines is 1. The predicted molar refractivity (Wildman–Crippen MR) is 60.4 cm³/mol. The van der Waals surface area contributed by atoms with Crippen LogP contribution in [0, 0.1) is 0 Å². The van der Waals surface area contributed by atoms with E-state index in [-0.39, 0.29) is 24.0 Å². The van der Waals surface area contributed by atoms with E-state index >= 15 is 0 Å². The van der Waals surface area contributed by atoms with Crippen molar-refractivity contribution >= 4 is 5.82 Å². The van der Waals surface area contributed by atoms with Crippen LogP contribution in [-0.4, -0.2) is 45.9 Å². The van der Waals surface area contributed by atoms with Gasteiger partial charge in [0.05, 0.1) is 12.7 Å². The molecule has 0 aliphatic carbocycles. The second kappa shape index (κ2) is 5.73. The average Bonchev–Trinajstić information content (AvgIpc) is 2.29. The van der Waals surface area contributed by atoms with E-state index in [1.54, 1.807) is 0 Å². The molecule has 1 aromatic heterocycles. The smallest absolute Gasteiger partial charge is 0.351 e. The van der Waals surface area contributed by atoms with Crippen molar-refractivity contribution in [2.75, 3.05) is 25.4 Å². The number of nitrogen functional groups attached to an aromatic ring is 1. The topological polar surface area (TPSA) is 134 Å². The van der Waals surface area contributed by atoms with Crippen LogP contribution in [0.15, 0.2) is 17.1 Å². The van der Waals surface area contributed by atoms with Crippen molar-refractivity contribution in [2.24, 2.45) is 0 Å². The number of aliphatic hydroxyl groups excluding tert-OH is 1. The summed E-state index contributed by atoms with van der Waals surface area (Å²) in [6, 6.07) is 1.54. The first-order valence-corrected chi connectivity index (χ1v) is 5.02. The molecule has 0 amide bonds. The molecule has 0 spiro atoms. The van der Waals surface area contributed by atoms with Crippen LogP contribution in [0.2, 0.25) is 0 Å². The largest absolute Gasteiger partial charge is 0.412 e. The summed E-state index contributed by atoms with van der Waals surface area (Å²) >= 11 is 0. The highest BCUT2D eigenvalue weighted by atomic mass is 16.5. The molecule has 0 saturated carbocycles. The van der Waals surface area contributed by atoms with Crippen LogP contribution in [0.4, 0.5) is 5.82 Å². The summed E-state index contributed by atoms with van der Waals surface area (Å²) < 4.78 is 6.86. The first-order chi connectivity index (χ1) is 7.70. The molecule has 8 heteroatoms. The molecule has 2 heterocycles. The van der Waals surface area contributed by atoms with Gasteiger partial charge in [-0.25, -0.2) is 4.79 Å². The van der Waals surface area contributed by atoms with Crippen LogP contribution < -0.4 is 16.7 Å². The van der Waals surface area contributed by atoms with Gasteiger partial charge in [-0.1, -0.05) is 0 Å². The Morgan fingerprint density at radius 1 is 1.65 bits per heavy atom. The van der Waals surface area contributed by atoms with E-state index in [0.29, 0.717) is 13.1 Å². The lowest BCUT2D eigenvalue weighted by molar-refractivity contribution is -0.0967. The van der Waals surface area contributed by atoms with Crippen molar-refractivity contribution < 1.29 is 15.3 Å². The fraction of sp³-hybridized carbons (Fsp3) is 0.556. The van der Waals surface area contributed by atoms with Crippen molar-refractivity contribution in [3.05, 3.63) is 22.7 Å². The molecule has 6 N–H and O–H groups in total. The Kier molecular flexibility index (Phi) is 4.58. The summed E-state index contributed by atoms with van der Waals surface area (Å²) in [4.78, 5) is 15.2. The van der Waals surface area contributed by atoms with Gasteiger partial charge in [0.2, 0.25) is 0 Å². The standard InChI is InChI=1S/C9H14N4O3.H2O/c10-7-1-2-13(9(15)12-7)8-4-11-3-6(5-14)16-8;/h1-2,6,8,11,14H,3-5H2,(H2,10,12,15);1H2/t6-,8+;/m0./s1. The number of hydrogen-bond donors (Lipinski definition) is 3. The number of aliphatic hydroxyl groups is 1. The molecule has 0 radical (unpaired) electrons. The monoisotopic (exact) mass is 244 g/mol. The molecule has 0 unspecified atom stereocenters. The molecule has 2 atom stereocenters. The van der Waals surface area contributed by atoms with Crippen LogP contribution in [0.5, 0.6) is 0 Å². The minimum atomic E-state index is -0.453. The van der Waals surface area contributed by atoms with E-state index in [4.69, 9.17) is 15.6 Å². The molecule has 96 valence electrons. The highest BCUT2D eigenvalue weighted by molar-refractivity contribution is 5.23. The molecule has 8 nitrogen and oxygen atoms in total. The Balaban J connectivity index is 0.00000144. The maximum Gasteiger partial charge on any atom is 0.351 e. The molecule has 2 rings (SSSR count). The fourth-order valence-electron chi connectivity index (χ4n) is 1.60. The van der Waals surface area contributed by atoms with Gasteiger partial charge in [-0.15, -0.1) is 0 Å². The predicted octanol–water partition coefficient (Wildman–Crippen LogP) is -2.52. The van der Waals surface area contributed by atoms with Gasteiger partial charge in [0.25, 0.3) is 0 Å². The Bertz CT molecular complexity index is 422. The van der Waals surface area contributed by atoms with Gasteiger partial charge in [-0.2, -0.15) is 4.98 Å². The van der Waals surface area contributed by atoms with Crippen molar-refractivity contribution in [1.29, 1.82) is 0 Å². The zero-order valence-electron chi connectivity index (χ0n) is 9.17. The van der Waals surface area contributed by atoms with E-state index in [0.717, 1.165) is 0 Å². The van der Waals surface area contributed by atoms with Crippen molar-refractivity contribution in [3.63, 3.8) is 0 Å². The van der Waals surface area contributed by atoms with Crippen LogP contribution in [-0.2, 0) is 4.74 Å². The second-order valence-corrected chi connectivity index (χ2v) is 3.60. The SMILES string of the molecule is Nc1ccn([C@H]2CNC[C@@H](CO)O2)c(=O)n1.O. The van der Waals surface area contributed by atoms with Gasteiger partial charge in [-0.3, -0.25) is 4.57 Å². The van der Waals surface area contributed by atoms with E-state index in [1.807, 2.05) is 0 Å². The number of aromatic nitrogens is 2. The zero-order chi connectivity index (χ0) is 11.5. The molecule has 1 aromatic rings. The first-order valence-electron chi connectivity index (χ1n) is 5.02. The molecular weight excluding hydrogens is 228 g/mol. The lowest BCUT2D eigenvalue weighted by Crippen LogP contribution is -2.46.